The number of fused-ring (bicyclic) bond motifs is 1. The third kappa shape index (κ3) is 4.08. The quantitative estimate of drug-likeness (QED) is 0.394. The molecule has 0 radical (unpaired) electrons. The molecule has 6 nitrogen and oxygen atoms in total. The predicted octanol–water partition coefficient (Wildman–Crippen LogP) is 5.14. The second kappa shape index (κ2) is 8.43. The number of halogens is 1. The maximum absolute atomic E-state index is 11.4. The SMILES string of the molecule is CCOc1cc(Br)c([C@H](C[N+](=O)[O-])c2c[nH]c3ccccc23)cc1OCC. The number of hydrogen-bond acceptors (Lipinski definition) is 4. The van der Waals surface area contributed by atoms with Crippen molar-refractivity contribution in [2.45, 2.75) is 19.8 Å². The van der Waals surface area contributed by atoms with Crippen LogP contribution < -0.4 is 9.47 Å². The maximum atomic E-state index is 11.4. The Hall–Kier alpha value is -2.54. The number of aromatic nitrogens is 1. The first-order chi connectivity index (χ1) is 13.0. The van der Waals surface area contributed by atoms with Gasteiger partial charge in [0.15, 0.2) is 11.5 Å². The molecule has 1 atom stereocenters. The predicted molar refractivity (Wildman–Crippen MR) is 108 cm³/mol. The van der Waals surface area contributed by atoms with E-state index < -0.39 is 5.92 Å². The molecule has 0 saturated carbocycles. The summed E-state index contributed by atoms with van der Waals surface area (Å²) in [4.78, 5) is 14.4. The van der Waals surface area contributed by atoms with Crippen molar-refractivity contribution in [3.63, 3.8) is 0 Å². The molecule has 1 heterocycles. The Balaban J connectivity index is 2.15. The van der Waals surface area contributed by atoms with Crippen LogP contribution in [0.1, 0.15) is 30.9 Å². The van der Waals surface area contributed by atoms with Gasteiger partial charge in [-0.1, -0.05) is 34.1 Å². The molecule has 0 amide bonds. The van der Waals surface area contributed by atoms with Crippen LogP contribution in [0.15, 0.2) is 47.1 Å². The van der Waals surface area contributed by atoms with Gasteiger partial charge in [0.2, 0.25) is 6.54 Å². The number of para-hydroxylation sites is 1. The van der Waals surface area contributed by atoms with E-state index in [1.165, 1.54) is 0 Å². The number of nitro groups is 1. The van der Waals surface area contributed by atoms with E-state index in [4.69, 9.17) is 9.47 Å². The fourth-order valence-electron chi connectivity index (χ4n) is 3.25. The van der Waals surface area contributed by atoms with Gasteiger partial charge in [-0.3, -0.25) is 10.1 Å². The van der Waals surface area contributed by atoms with E-state index in [1.54, 1.807) is 0 Å². The van der Waals surface area contributed by atoms with E-state index in [1.807, 2.05) is 56.4 Å². The minimum atomic E-state index is -0.430. The van der Waals surface area contributed by atoms with Crippen LogP contribution in [0.4, 0.5) is 0 Å². The monoisotopic (exact) mass is 432 g/mol. The molecule has 0 aliphatic rings. The highest BCUT2D eigenvalue weighted by Crippen LogP contribution is 2.41. The summed E-state index contributed by atoms with van der Waals surface area (Å²) in [7, 11) is 0. The van der Waals surface area contributed by atoms with Gasteiger partial charge in [0, 0.05) is 26.5 Å². The van der Waals surface area contributed by atoms with Crippen LogP contribution in [0.3, 0.4) is 0 Å². The van der Waals surface area contributed by atoms with E-state index in [0.717, 1.165) is 26.5 Å². The van der Waals surface area contributed by atoms with Crippen molar-refractivity contribution in [1.29, 1.82) is 0 Å². The average Bonchev–Trinajstić information content (AvgIpc) is 3.06. The summed E-state index contributed by atoms with van der Waals surface area (Å²) in [6.45, 7) is 4.56. The second-order valence-electron chi connectivity index (χ2n) is 6.04. The average molecular weight is 433 g/mol. The van der Waals surface area contributed by atoms with Gasteiger partial charge < -0.3 is 14.5 Å². The molecule has 0 bridgehead atoms. The highest BCUT2D eigenvalue weighted by atomic mass is 79.9. The van der Waals surface area contributed by atoms with Crippen molar-refractivity contribution >= 4 is 26.8 Å². The van der Waals surface area contributed by atoms with Gasteiger partial charge in [-0.15, -0.1) is 0 Å². The Morgan fingerprint density at radius 1 is 1.11 bits per heavy atom. The van der Waals surface area contributed by atoms with E-state index in [-0.39, 0.29) is 11.5 Å². The molecule has 0 unspecified atom stereocenters. The lowest BCUT2D eigenvalue weighted by Crippen LogP contribution is -2.15. The summed E-state index contributed by atoms with van der Waals surface area (Å²) in [5.74, 6) is 0.778. The lowest BCUT2D eigenvalue weighted by Gasteiger charge is -2.19. The number of ether oxygens (including phenoxy) is 2. The van der Waals surface area contributed by atoms with Crippen LogP contribution >= 0.6 is 15.9 Å². The normalized spacial score (nSPS) is 12.1. The number of nitrogens with zero attached hydrogens (tertiary/aromatic N) is 1. The van der Waals surface area contributed by atoms with Crippen molar-refractivity contribution in [2.24, 2.45) is 0 Å². The summed E-state index contributed by atoms with van der Waals surface area (Å²) in [5, 5.41) is 12.4. The Morgan fingerprint density at radius 2 is 1.78 bits per heavy atom. The lowest BCUT2D eigenvalue weighted by molar-refractivity contribution is -0.481. The Kier molecular flexibility index (Phi) is 6.01. The topological polar surface area (TPSA) is 77.4 Å². The third-order valence-electron chi connectivity index (χ3n) is 4.37. The van der Waals surface area contributed by atoms with Gasteiger partial charge in [-0.25, -0.2) is 0 Å². The highest BCUT2D eigenvalue weighted by Gasteiger charge is 2.27. The molecule has 0 aliphatic heterocycles. The van der Waals surface area contributed by atoms with Gasteiger partial charge in [0.05, 0.1) is 19.1 Å². The molecule has 1 aromatic heterocycles. The summed E-state index contributed by atoms with van der Waals surface area (Å²) in [5.41, 5.74) is 2.63. The minimum absolute atomic E-state index is 0.222. The number of H-pyrrole nitrogens is 1. The third-order valence-corrected chi connectivity index (χ3v) is 5.05. The lowest BCUT2D eigenvalue weighted by atomic mass is 9.90. The number of aromatic amines is 1. The van der Waals surface area contributed by atoms with Gasteiger partial charge in [0.25, 0.3) is 0 Å². The first kappa shape index (κ1) is 19.2. The van der Waals surface area contributed by atoms with Crippen LogP contribution in [0.5, 0.6) is 11.5 Å². The smallest absolute Gasteiger partial charge is 0.214 e. The molecule has 3 rings (SSSR count). The molecule has 0 fully saturated rings. The molecular weight excluding hydrogens is 412 g/mol. The van der Waals surface area contributed by atoms with Crippen LogP contribution in [-0.4, -0.2) is 29.7 Å². The summed E-state index contributed by atoms with van der Waals surface area (Å²) >= 11 is 3.57. The van der Waals surface area contributed by atoms with E-state index in [9.17, 15) is 10.1 Å². The standard InChI is InChI=1S/C20H21BrN2O4/c1-3-26-19-9-14(17(21)10-20(19)27-4-2)16(12-23(24)25)15-11-22-18-8-6-5-7-13(15)18/h5-11,16,22H,3-4,12H2,1-2H3/t16-/m0/s1. The van der Waals surface area contributed by atoms with Crippen LogP contribution in [0, 0.1) is 10.1 Å². The van der Waals surface area contributed by atoms with Gasteiger partial charge in [0.1, 0.15) is 0 Å². The molecule has 0 aliphatic carbocycles. The van der Waals surface area contributed by atoms with Crippen molar-refractivity contribution in [3.8, 4) is 11.5 Å². The zero-order valence-electron chi connectivity index (χ0n) is 15.2. The molecule has 3 aromatic rings. The molecule has 27 heavy (non-hydrogen) atoms. The second-order valence-corrected chi connectivity index (χ2v) is 6.90. The van der Waals surface area contributed by atoms with Crippen molar-refractivity contribution < 1.29 is 14.4 Å². The van der Waals surface area contributed by atoms with Crippen LogP contribution in [0.25, 0.3) is 10.9 Å². The molecule has 7 heteroatoms. The highest BCUT2D eigenvalue weighted by molar-refractivity contribution is 9.10. The molecule has 0 saturated heterocycles. The molecule has 142 valence electrons. The minimum Gasteiger partial charge on any atom is -0.490 e. The molecule has 2 aromatic carbocycles. The van der Waals surface area contributed by atoms with Crippen molar-refractivity contribution in [3.05, 3.63) is 68.3 Å². The zero-order valence-corrected chi connectivity index (χ0v) is 16.8. The van der Waals surface area contributed by atoms with Crippen LogP contribution in [0.2, 0.25) is 0 Å². The zero-order chi connectivity index (χ0) is 19.4. The molecule has 0 spiro atoms. The number of benzene rings is 2. The molecular formula is C20H21BrN2O4. The van der Waals surface area contributed by atoms with E-state index >= 15 is 0 Å². The number of nitrogens with one attached hydrogen (secondary N) is 1. The summed E-state index contributed by atoms with van der Waals surface area (Å²) in [6, 6.07) is 11.5. The Morgan fingerprint density at radius 3 is 2.44 bits per heavy atom. The Labute approximate surface area is 165 Å². The van der Waals surface area contributed by atoms with Gasteiger partial charge in [-0.2, -0.15) is 0 Å². The van der Waals surface area contributed by atoms with Crippen molar-refractivity contribution in [1.82, 2.24) is 4.98 Å². The first-order valence-electron chi connectivity index (χ1n) is 8.82. The summed E-state index contributed by atoms with van der Waals surface area (Å²) < 4.78 is 12.1. The fourth-order valence-corrected chi connectivity index (χ4v) is 3.85. The Bertz CT molecular complexity index is 954. The fraction of sp³-hybridized carbons (Fsp3) is 0.300. The van der Waals surface area contributed by atoms with E-state index in [2.05, 4.69) is 20.9 Å². The van der Waals surface area contributed by atoms with Gasteiger partial charge in [-0.05, 0) is 43.2 Å². The van der Waals surface area contributed by atoms with Crippen molar-refractivity contribution in [2.75, 3.05) is 19.8 Å². The number of hydrogen-bond donors (Lipinski definition) is 1. The van der Waals surface area contributed by atoms with Gasteiger partial charge >= 0.3 is 0 Å². The summed E-state index contributed by atoms with van der Waals surface area (Å²) in [6.07, 6.45) is 1.85. The van der Waals surface area contributed by atoms with Crippen LogP contribution in [-0.2, 0) is 0 Å². The molecule has 1 N–H and O–H groups in total. The number of rotatable bonds is 8. The van der Waals surface area contributed by atoms with E-state index in [0.29, 0.717) is 24.7 Å². The maximum Gasteiger partial charge on any atom is 0.214 e. The largest absolute Gasteiger partial charge is 0.490 e. The first-order valence-corrected chi connectivity index (χ1v) is 9.61.